The van der Waals surface area contributed by atoms with Crippen molar-refractivity contribution in [3.05, 3.63) is 32.2 Å². The van der Waals surface area contributed by atoms with Crippen LogP contribution in [-0.2, 0) is 4.84 Å². The number of hydroxylamine groups is 2. The third-order valence-electron chi connectivity index (χ3n) is 1.96. The summed E-state index contributed by atoms with van der Waals surface area (Å²) in [5.41, 5.74) is 1.59. The van der Waals surface area contributed by atoms with Gasteiger partial charge in [-0.15, -0.1) is 0 Å². The average molecular weight is 337 g/mol. The number of aryl methyl sites for hydroxylation is 1. The number of amides is 1. The Balaban J connectivity index is 3.19. The van der Waals surface area contributed by atoms with Crippen LogP contribution in [0.1, 0.15) is 15.9 Å². The minimum Gasteiger partial charge on any atom is -0.274 e. The SMILES string of the molecule is CON(C)C(=O)c1cc(C)cc(Br)c1Br. The van der Waals surface area contributed by atoms with E-state index in [0.29, 0.717) is 5.56 Å². The lowest BCUT2D eigenvalue weighted by molar-refractivity contribution is -0.0757. The maximum atomic E-state index is 11.9. The Morgan fingerprint density at radius 3 is 2.53 bits per heavy atom. The predicted octanol–water partition coefficient (Wildman–Crippen LogP) is 3.15. The van der Waals surface area contributed by atoms with Crippen molar-refractivity contribution < 1.29 is 9.63 Å². The highest BCUT2D eigenvalue weighted by atomic mass is 79.9. The zero-order chi connectivity index (χ0) is 11.6. The van der Waals surface area contributed by atoms with Gasteiger partial charge in [0.25, 0.3) is 5.91 Å². The summed E-state index contributed by atoms with van der Waals surface area (Å²) in [4.78, 5) is 16.7. The Morgan fingerprint density at radius 1 is 1.40 bits per heavy atom. The van der Waals surface area contributed by atoms with E-state index < -0.39 is 0 Å². The summed E-state index contributed by atoms with van der Waals surface area (Å²) in [6.07, 6.45) is 0. The van der Waals surface area contributed by atoms with Gasteiger partial charge in [0.15, 0.2) is 0 Å². The lowest BCUT2D eigenvalue weighted by atomic mass is 10.1. The molecule has 0 aliphatic carbocycles. The fourth-order valence-corrected chi connectivity index (χ4v) is 2.11. The first-order valence-corrected chi connectivity index (χ1v) is 5.83. The fourth-order valence-electron chi connectivity index (χ4n) is 1.13. The highest BCUT2D eigenvalue weighted by Crippen LogP contribution is 2.29. The van der Waals surface area contributed by atoms with E-state index in [-0.39, 0.29) is 5.91 Å². The maximum absolute atomic E-state index is 11.9. The highest BCUT2D eigenvalue weighted by molar-refractivity contribution is 9.13. The van der Waals surface area contributed by atoms with Crippen LogP contribution in [0.25, 0.3) is 0 Å². The molecule has 3 nitrogen and oxygen atoms in total. The summed E-state index contributed by atoms with van der Waals surface area (Å²) in [6, 6.07) is 3.75. The first-order valence-electron chi connectivity index (χ1n) is 4.25. The van der Waals surface area contributed by atoms with Gasteiger partial charge in [0, 0.05) is 16.0 Å². The second kappa shape index (κ2) is 5.09. The number of benzene rings is 1. The van der Waals surface area contributed by atoms with Gasteiger partial charge in [0.1, 0.15) is 0 Å². The van der Waals surface area contributed by atoms with Crippen LogP contribution in [0, 0.1) is 6.92 Å². The van der Waals surface area contributed by atoms with Crippen LogP contribution in [-0.4, -0.2) is 25.1 Å². The third kappa shape index (κ3) is 2.80. The van der Waals surface area contributed by atoms with E-state index in [0.717, 1.165) is 14.5 Å². The molecule has 1 aromatic rings. The zero-order valence-electron chi connectivity index (χ0n) is 8.67. The summed E-state index contributed by atoms with van der Waals surface area (Å²) >= 11 is 6.74. The number of hydrogen-bond donors (Lipinski definition) is 0. The molecule has 1 aromatic carbocycles. The molecule has 0 heterocycles. The third-order valence-corrected chi connectivity index (χ3v) is 3.97. The number of carbonyl (C=O) groups is 1. The summed E-state index contributed by atoms with van der Waals surface area (Å²) < 4.78 is 1.59. The van der Waals surface area contributed by atoms with E-state index in [4.69, 9.17) is 4.84 Å². The van der Waals surface area contributed by atoms with Gasteiger partial charge in [-0.1, -0.05) is 0 Å². The quantitative estimate of drug-likeness (QED) is 0.776. The van der Waals surface area contributed by atoms with Gasteiger partial charge < -0.3 is 0 Å². The van der Waals surface area contributed by atoms with Crippen LogP contribution in [0.3, 0.4) is 0 Å². The van der Waals surface area contributed by atoms with Crippen molar-refractivity contribution in [2.75, 3.05) is 14.2 Å². The first-order chi connectivity index (χ1) is 6.97. The number of hydrogen-bond acceptors (Lipinski definition) is 2. The summed E-state index contributed by atoms with van der Waals surface area (Å²) in [5, 5.41) is 1.19. The summed E-state index contributed by atoms with van der Waals surface area (Å²) in [6.45, 7) is 1.93. The molecule has 5 heteroatoms. The molecule has 0 aromatic heterocycles. The van der Waals surface area contributed by atoms with Crippen LogP contribution in [0.4, 0.5) is 0 Å². The molecule has 0 radical (unpaired) electrons. The molecule has 0 spiro atoms. The monoisotopic (exact) mass is 335 g/mol. The predicted molar refractivity (Wildman–Crippen MR) is 65.7 cm³/mol. The van der Waals surface area contributed by atoms with Gasteiger partial charge in [-0.3, -0.25) is 9.63 Å². The maximum Gasteiger partial charge on any atom is 0.278 e. The van der Waals surface area contributed by atoms with E-state index in [9.17, 15) is 4.79 Å². The molecule has 0 fully saturated rings. The van der Waals surface area contributed by atoms with Gasteiger partial charge in [-0.05, 0) is 56.5 Å². The number of rotatable bonds is 2. The molecular formula is C10H11Br2NO2. The van der Waals surface area contributed by atoms with E-state index in [1.807, 2.05) is 19.1 Å². The first kappa shape index (κ1) is 12.7. The molecule has 0 aliphatic heterocycles. The van der Waals surface area contributed by atoms with Gasteiger partial charge in [0.05, 0.1) is 12.7 Å². The number of nitrogens with zero attached hydrogens (tertiary/aromatic N) is 1. The molecule has 82 valence electrons. The molecule has 1 amide bonds. The standard InChI is InChI=1S/C10H11Br2NO2/c1-6-4-7(9(12)8(11)5-6)10(14)13(2)15-3/h4-5H,1-3H3. The minimum absolute atomic E-state index is 0.186. The molecule has 0 unspecified atom stereocenters. The minimum atomic E-state index is -0.186. The molecule has 0 aliphatic rings. The van der Waals surface area contributed by atoms with Crippen molar-refractivity contribution in [2.24, 2.45) is 0 Å². The second-order valence-electron chi connectivity index (χ2n) is 3.09. The van der Waals surface area contributed by atoms with Crippen LogP contribution >= 0.6 is 31.9 Å². The Morgan fingerprint density at radius 2 is 2.00 bits per heavy atom. The largest absolute Gasteiger partial charge is 0.278 e. The average Bonchev–Trinajstić information content (AvgIpc) is 2.21. The lowest BCUT2D eigenvalue weighted by Crippen LogP contribution is -2.25. The zero-order valence-corrected chi connectivity index (χ0v) is 11.8. The van der Waals surface area contributed by atoms with Crippen molar-refractivity contribution in [3.8, 4) is 0 Å². The van der Waals surface area contributed by atoms with Crippen LogP contribution < -0.4 is 0 Å². The van der Waals surface area contributed by atoms with Gasteiger partial charge in [-0.25, -0.2) is 5.06 Å². The van der Waals surface area contributed by atoms with Crippen molar-refractivity contribution >= 4 is 37.8 Å². The molecule has 0 atom stereocenters. The molecule has 0 saturated heterocycles. The fraction of sp³-hybridized carbons (Fsp3) is 0.300. The summed E-state index contributed by atoms with van der Waals surface area (Å²) in [5.74, 6) is -0.186. The van der Waals surface area contributed by atoms with Crippen molar-refractivity contribution in [3.63, 3.8) is 0 Å². The van der Waals surface area contributed by atoms with E-state index in [1.54, 1.807) is 7.05 Å². The van der Waals surface area contributed by atoms with Crippen LogP contribution in [0.15, 0.2) is 21.1 Å². The number of halogens is 2. The van der Waals surface area contributed by atoms with Crippen molar-refractivity contribution in [1.82, 2.24) is 5.06 Å². The van der Waals surface area contributed by atoms with E-state index in [2.05, 4.69) is 31.9 Å². The Kier molecular flexibility index (Phi) is 4.31. The second-order valence-corrected chi connectivity index (χ2v) is 4.74. The molecule has 0 N–H and O–H groups in total. The molecule has 0 saturated carbocycles. The van der Waals surface area contributed by atoms with Crippen molar-refractivity contribution in [2.45, 2.75) is 6.92 Å². The van der Waals surface area contributed by atoms with Gasteiger partial charge >= 0.3 is 0 Å². The molecule has 15 heavy (non-hydrogen) atoms. The van der Waals surface area contributed by atoms with Crippen LogP contribution in [0.2, 0.25) is 0 Å². The van der Waals surface area contributed by atoms with Gasteiger partial charge in [-0.2, -0.15) is 0 Å². The molecule has 0 bridgehead atoms. The van der Waals surface area contributed by atoms with Gasteiger partial charge in [0.2, 0.25) is 0 Å². The molecule has 1 rings (SSSR count). The van der Waals surface area contributed by atoms with Crippen molar-refractivity contribution in [1.29, 1.82) is 0 Å². The van der Waals surface area contributed by atoms with E-state index in [1.165, 1.54) is 12.2 Å². The normalized spacial score (nSPS) is 10.2. The number of carbonyl (C=O) groups excluding carboxylic acids is 1. The van der Waals surface area contributed by atoms with Crippen LogP contribution in [0.5, 0.6) is 0 Å². The lowest BCUT2D eigenvalue weighted by Gasteiger charge is -2.15. The Hall–Kier alpha value is -0.390. The summed E-state index contributed by atoms with van der Waals surface area (Å²) in [7, 11) is 3.03. The topological polar surface area (TPSA) is 29.5 Å². The smallest absolute Gasteiger partial charge is 0.274 e. The molecular weight excluding hydrogens is 326 g/mol. The highest BCUT2D eigenvalue weighted by Gasteiger charge is 2.16. The Labute approximate surface area is 106 Å². The van der Waals surface area contributed by atoms with E-state index >= 15 is 0 Å². The Bertz CT molecular complexity index is 393.